The molecular formula is C26H34F3N5O2. The number of anilines is 1. The van der Waals surface area contributed by atoms with Crippen LogP contribution < -0.4 is 10.2 Å². The standard InChI is InChI=1S/C26H34F3N5O2/c1-16-13-20(35)22-21(16)23(31-15-30-22)33-9-11-34(12-10-33)24(36)19(14-32-25(2,3)4)17-5-7-18(8-6-17)26(27,28)29/h5-8,15-16,19-20,32,35H,9-14H2,1-4H3/t16-,19-,20-/m1/s1. The Morgan fingerprint density at radius 2 is 1.75 bits per heavy atom. The number of carbonyl (C=O) groups excluding carboxylic acids is 1. The van der Waals surface area contributed by atoms with Crippen molar-refractivity contribution in [1.29, 1.82) is 0 Å². The van der Waals surface area contributed by atoms with Crippen molar-refractivity contribution in [2.75, 3.05) is 37.6 Å². The third kappa shape index (κ3) is 5.64. The van der Waals surface area contributed by atoms with Crippen LogP contribution in [0.3, 0.4) is 0 Å². The molecule has 1 saturated heterocycles. The average molecular weight is 506 g/mol. The van der Waals surface area contributed by atoms with E-state index in [2.05, 4.69) is 27.1 Å². The average Bonchev–Trinajstić information content (AvgIpc) is 3.12. The van der Waals surface area contributed by atoms with Crippen molar-refractivity contribution >= 4 is 11.7 Å². The summed E-state index contributed by atoms with van der Waals surface area (Å²) < 4.78 is 39.2. The fourth-order valence-electron chi connectivity index (χ4n) is 4.97. The number of hydrogen-bond donors (Lipinski definition) is 2. The van der Waals surface area contributed by atoms with Crippen LogP contribution in [0.4, 0.5) is 19.0 Å². The third-order valence-corrected chi connectivity index (χ3v) is 6.94. The summed E-state index contributed by atoms with van der Waals surface area (Å²) in [4.78, 5) is 26.3. The van der Waals surface area contributed by atoms with E-state index in [1.807, 2.05) is 20.8 Å². The number of nitrogens with zero attached hydrogens (tertiary/aromatic N) is 4. The Morgan fingerprint density at radius 3 is 2.33 bits per heavy atom. The molecule has 0 bridgehead atoms. The van der Waals surface area contributed by atoms with Gasteiger partial charge in [0.2, 0.25) is 5.91 Å². The van der Waals surface area contributed by atoms with E-state index in [1.54, 1.807) is 4.90 Å². The van der Waals surface area contributed by atoms with E-state index in [4.69, 9.17) is 0 Å². The Kier molecular flexibility index (Phi) is 7.30. The molecule has 3 atom stereocenters. The maximum absolute atomic E-state index is 13.6. The van der Waals surface area contributed by atoms with Crippen molar-refractivity contribution in [3.63, 3.8) is 0 Å². The van der Waals surface area contributed by atoms with E-state index >= 15 is 0 Å². The monoisotopic (exact) mass is 505 g/mol. The normalized spacial score (nSPS) is 21.4. The molecule has 7 nitrogen and oxygen atoms in total. The summed E-state index contributed by atoms with van der Waals surface area (Å²) in [5.41, 5.74) is 1.23. The Labute approximate surface area is 209 Å². The topological polar surface area (TPSA) is 81.6 Å². The summed E-state index contributed by atoms with van der Waals surface area (Å²) in [5, 5.41) is 13.6. The number of amides is 1. The fraction of sp³-hybridized carbons (Fsp3) is 0.577. The highest BCUT2D eigenvalue weighted by atomic mass is 19.4. The number of nitrogens with one attached hydrogen (secondary N) is 1. The first-order valence-corrected chi connectivity index (χ1v) is 12.3. The molecule has 36 heavy (non-hydrogen) atoms. The summed E-state index contributed by atoms with van der Waals surface area (Å²) in [6.45, 7) is 10.4. The van der Waals surface area contributed by atoms with Gasteiger partial charge in [-0.3, -0.25) is 4.79 Å². The third-order valence-electron chi connectivity index (χ3n) is 6.94. The van der Waals surface area contributed by atoms with Crippen LogP contribution in [-0.2, 0) is 11.0 Å². The van der Waals surface area contributed by atoms with Gasteiger partial charge in [-0.05, 0) is 50.8 Å². The van der Waals surface area contributed by atoms with Crippen LogP contribution in [0, 0.1) is 0 Å². The predicted octanol–water partition coefficient (Wildman–Crippen LogP) is 3.86. The lowest BCUT2D eigenvalue weighted by Crippen LogP contribution is -2.52. The lowest BCUT2D eigenvalue weighted by molar-refractivity contribution is -0.137. The van der Waals surface area contributed by atoms with Gasteiger partial charge in [-0.15, -0.1) is 0 Å². The van der Waals surface area contributed by atoms with Crippen LogP contribution in [0.5, 0.6) is 0 Å². The van der Waals surface area contributed by atoms with Gasteiger partial charge in [0.05, 0.1) is 23.3 Å². The quantitative estimate of drug-likeness (QED) is 0.643. The number of piperazine rings is 1. The minimum absolute atomic E-state index is 0.108. The molecule has 1 aliphatic carbocycles. The number of benzene rings is 1. The highest BCUT2D eigenvalue weighted by Crippen LogP contribution is 2.42. The zero-order chi connectivity index (χ0) is 26.3. The van der Waals surface area contributed by atoms with Gasteiger partial charge in [0, 0.05) is 43.8 Å². The fourth-order valence-corrected chi connectivity index (χ4v) is 4.97. The molecule has 2 N–H and O–H groups in total. The van der Waals surface area contributed by atoms with Crippen molar-refractivity contribution in [3.05, 3.63) is 53.0 Å². The van der Waals surface area contributed by atoms with Crippen molar-refractivity contribution in [2.24, 2.45) is 0 Å². The zero-order valence-corrected chi connectivity index (χ0v) is 21.1. The Balaban J connectivity index is 1.49. The molecule has 196 valence electrons. The molecule has 4 rings (SSSR count). The molecule has 0 spiro atoms. The number of carbonyl (C=O) groups is 1. The number of aliphatic hydroxyl groups is 1. The van der Waals surface area contributed by atoms with Gasteiger partial charge in [0.1, 0.15) is 12.1 Å². The Morgan fingerprint density at radius 1 is 1.11 bits per heavy atom. The van der Waals surface area contributed by atoms with Crippen LogP contribution in [0.25, 0.3) is 0 Å². The Hall–Kier alpha value is -2.72. The van der Waals surface area contributed by atoms with E-state index in [0.717, 1.165) is 23.5 Å². The Bertz CT molecular complexity index is 1080. The number of aromatic nitrogens is 2. The van der Waals surface area contributed by atoms with Gasteiger partial charge >= 0.3 is 6.18 Å². The molecular weight excluding hydrogens is 471 g/mol. The van der Waals surface area contributed by atoms with E-state index in [0.29, 0.717) is 50.4 Å². The lowest BCUT2D eigenvalue weighted by atomic mass is 9.94. The number of rotatable bonds is 5. The molecule has 1 amide bonds. The lowest BCUT2D eigenvalue weighted by Gasteiger charge is -2.38. The van der Waals surface area contributed by atoms with E-state index in [-0.39, 0.29) is 17.4 Å². The van der Waals surface area contributed by atoms with Gasteiger partial charge in [-0.2, -0.15) is 13.2 Å². The number of alkyl halides is 3. The highest BCUT2D eigenvalue weighted by Gasteiger charge is 2.36. The molecule has 1 fully saturated rings. The van der Waals surface area contributed by atoms with Crippen molar-refractivity contribution in [1.82, 2.24) is 20.2 Å². The summed E-state index contributed by atoms with van der Waals surface area (Å²) in [6, 6.07) is 4.89. The zero-order valence-electron chi connectivity index (χ0n) is 21.1. The van der Waals surface area contributed by atoms with Crippen molar-refractivity contribution in [2.45, 2.75) is 63.8 Å². The van der Waals surface area contributed by atoms with Crippen molar-refractivity contribution in [3.8, 4) is 0 Å². The molecule has 2 aliphatic rings. The van der Waals surface area contributed by atoms with Gasteiger partial charge in [-0.1, -0.05) is 19.1 Å². The highest BCUT2D eigenvalue weighted by molar-refractivity contribution is 5.84. The van der Waals surface area contributed by atoms with E-state index < -0.39 is 23.8 Å². The first-order valence-electron chi connectivity index (χ1n) is 12.3. The maximum Gasteiger partial charge on any atom is 0.416 e. The second kappa shape index (κ2) is 9.97. The predicted molar refractivity (Wildman–Crippen MR) is 131 cm³/mol. The summed E-state index contributed by atoms with van der Waals surface area (Å²) in [6.07, 6.45) is -2.91. The van der Waals surface area contributed by atoms with Gasteiger partial charge in [0.15, 0.2) is 0 Å². The summed E-state index contributed by atoms with van der Waals surface area (Å²) in [5.74, 6) is 0.252. The molecule has 2 heterocycles. The van der Waals surface area contributed by atoms with E-state index in [9.17, 15) is 23.1 Å². The number of halogens is 3. The number of aliphatic hydroxyl groups excluding tert-OH is 1. The molecule has 0 saturated carbocycles. The van der Waals surface area contributed by atoms with Gasteiger partial charge < -0.3 is 20.2 Å². The maximum atomic E-state index is 13.6. The van der Waals surface area contributed by atoms with Crippen molar-refractivity contribution < 1.29 is 23.1 Å². The molecule has 2 aromatic rings. The minimum atomic E-state index is -4.42. The van der Waals surface area contributed by atoms with Gasteiger partial charge in [0.25, 0.3) is 0 Å². The molecule has 10 heteroatoms. The molecule has 1 aromatic heterocycles. The molecule has 0 radical (unpaired) electrons. The summed E-state index contributed by atoms with van der Waals surface area (Å²) in [7, 11) is 0. The first kappa shape index (κ1) is 26.3. The SMILES string of the molecule is C[C@@H]1C[C@@H](O)c2ncnc(N3CCN(C(=O)[C@H](CNC(C)(C)C)c4ccc(C(F)(F)F)cc4)CC3)c21. The smallest absolute Gasteiger partial charge is 0.387 e. The van der Waals surface area contributed by atoms with E-state index in [1.165, 1.54) is 18.5 Å². The first-order chi connectivity index (χ1) is 16.8. The minimum Gasteiger partial charge on any atom is -0.387 e. The largest absolute Gasteiger partial charge is 0.416 e. The van der Waals surface area contributed by atoms with Gasteiger partial charge in [-0.25, -0.2) is 9.97 Å². The van der Waals surface area contributed by atoms with Crippen LogP contribution in [0.1, 0.15) is 74.4 Å². The summed E-state index contributed by atoms with van der Waals surface area (Å²) >= 11 is 0. The van der Waals surface area contributed by atoms with Crippen LogP contribution in [0.15, 0.2) is 30.6 Å². The second-order valence-corrected chi connectivity index (χ2v) is 10.8. The van der Waals surface area contributed by atoms with Crippen LogP contribution >= 0.6 is 0 Å². The molecule has 0 unspecified atom stereocenters. The van der Waals surface area contributed by atoms with Crippen LogP contribution in [-0.4, -0.2) is 64.1 Å². The molecule has 1 aromatic carbocycles. The number of fused-ring (bicyclic) bond motifs is 1. The second-order valence-electron chi connectivity index (χ2n) is 10.8. The molecule has 1 aliphatic heterocycles. The van der Waals surface area contributed by atoms with Crippen LogP contribution in [0.2, 0.25) is 0 Å². The number of hydrogen-bond acceptors (Lipinski definition) is 6.